The molecule has 3 heteroatoms. The number of hydrogen-bond donors (Lipinski definition) is 0. The van der Waals surface area contributed by atoms with E-state index < -0.39 is 0 Å². The Labute approximate surface area is 90.0 Å². The van der Waals surface area contributed by atoms with Crippen molar-refractivity contribution in [2.24, 2.45) is 0 Å². The molecule has 0 bridgehead atoms. The SMILES string of the molecule is CCOC(C)C(=O)c1ccc(OC)cc1. The summed E-state index contributed by atoms with van der Waals surface area (Å²) in [5.41, 5.74) is 0.650. The van der Waals surface area contributed by atoms with Gasteiger partial charge in [0.1, 0.15) is 11.9 Å². The number of benzene rings is 1. The molecule has 0 amide bonds. The Kier molecular flexibility index (Phi) is 4.31. The van der Waals surface area contributed by atoms with E-state index in [9.17, 15) is 4.79 Å². The molecule has 3 nitrogen and oxygen atoms in total. The smallest absolute Gasteiger partial charge is 0.191 e. The molecular weight excluding hydrogens is 192 g/mol. The summed E-state index contributed by atoms with van der Waals surface area (Å²) >= 11 is 0. The van der Waals surface area contributed by atoms with Gasteiger partial charge in [-0.05, 0) is 38.1 Å². The lowest BCUT2D eigenvalue weighted by Gasteiger charge is -2.10. The fourth-order valence-electron chi connectivity index (χ4n) is 1.32. The Morgan fingerprint density at radius 2 is 1.93 bits per heavy atom. The molecule has 0 radical (unpaired) electrons. The number of Topliss-reactive ketones (excluding diaryl/α,β-unsaturated/α-hetero) is 1. The van der Waals surface area contributed by atoms with Crippen molar-refractivity contribution < 1.29 is 14.3 Å². The van der Waals surface area contributed by atoms with Crippen LogP contribution in [0.2, 0.25) is 0 Å². The minimum Gasteiger partial charge on any atom is -0.497 e. The van der Waals surface area contributed by atoms with Crippen molar-refractivity contribution in [3.63, 3.8) is 0 Å². The molecular formula is C12H16O3. The minimum absolute atomic E-state index is 0.000460. The summed E-state index contributed by atoms with van der Waals surface area (Å²) in [5.74, 6) is 0.745. The number of hydrogen-bond acceptors (Lipinski definition) is 3. The van der Waals surface area contributed by atoms with Gasteiger partial charge in [0.15, 0.2) is 5.78 Å². The van der Waals surface area contributed by atoms with Crippen molar-refractivity contribution in [3.8, 4) is 5.75 Å². The molecule has 1 aromatic rings. The van der Waals surface area contributed by atoms with E-state index in [1.165, 1.54) is 0 Å². The van der Waals surface area contributed by atoms with Gasteiger partial charge in [-0.15, -0.1) is 0 Å². The maximum atomic E-state index is 11.8. The second-order valence-electron chi connectivity index (χ2n) is 3.19. The monoisotopic (exact) mass is 208 g/mol. The molecule has 0 aliphatic heterocycles. The predicted octanol–water partition coefficient (Wildman–Crippen LogP) is 2.30. The number of carbonyl (C=O) groups is 1. The molecule has 0 saturated carbocycles. The molecule has 0 aliphatic carbocycles. The fourth-order valence-corrected chi connectivity index (χ4v) is 1.32. The molecule has 0 aliphatic rings. The van der Waals surface area contributed by atoms with Gasteiger partial charge in [0.05, 0.1) is 7.11 Å². The summed E-state index contributed by atoms with van der Waals surface area (Å²) < 4.78 is 10.2. The van der Waals surface area contributed by atoms with Crippen LogP contribution < -0.4 is 4.74 Å². The normalized spacial score (nSPS) is 12.2. The van der Waals surface area contributed by atoms with E-state index >= 15 is 0 Å². The summed E-state index contributed by atoms with van der Waals surface area (Å²) in [6.07, 6.45) is -0.386. The average Bonchev–Trinajstić information content (AvgIpc) is 2.28. The third-order valence-electron chi connectivity index (χ3n) is 2.16. The third kappa shape index (κ3) is 3.06. The highest BCUT2D eigenvalue weighted by atomic mass is 16.5. The largest absolute Gasteiger partial charge is 0.497 e. The lowest BCUT2D eigenvalue weighted by molar-refractivity contribution is 0.0520. The quantitative estimate of drug-likeness (QED) is 0.696. The summed E-state index contributed by atoms with van der Waals surface area (Å²) in [6.45, 7) is 4.18. The van der Waals surface area contributed by atoms with Crippen molar-refractivity contribution >= 4 is 5.78 Å². The van der Waals surface area contributed by atoms with Crippen LogP contribution >= 0.6 is 0 Å². The topological polar surface area (TPSA) is 35.5 Å². The molecule has 0 N–H and O–H groups in total. The van der Waals surface area contributed by atoms with Crippen molar-refractivity contribution in [1.29, 1.82) is 0 Å². The van der Waals surface area contributed by atoms with Gasteiger partial charge in [-0.3, -0.25) is 4.79 Å². The van der Waals surface area contributed by atoms with Gasteiger partial charge in [-0.1, -0.05) is 0 Å². The van der Waals surface area contributed by atoms with E-state index in [0.29, 0.717) is 12.2 Å². The molecule has 1 rings (SSSR count). The van der Waals surface area contributed by atoms with E-state index in [1.54, 1.807) is 38.3 Å². The Hall–Kier alpha value is -1.35. The summed E-state index contributed by atoms with van der Waals surface area (Å²) in [7, 11) is 1.60. The molecule has 1 atom stereocenters. The molecule has 15 heavy (non-hydrogen) atoms. The van der Waals surface area contributed by atoms with Crippen LogP contribution in [0.1, 0.15) is 24.2 Å². The Balaban J connectivity index is 2.73. The third-order valence-corrected chi connectivity index (χ3v) is 2.16. The zero-order valence-electron chi connectivity index (χ0n) is 9.32. The zero-order valence-corrected chi connectivity index (χ0v) is 9.32. The van der Waals surface area contributed by atoms with Gasteiger partial charge in [0, 0.05) is 12.2 Å². The average molecular weight is 208 g/mol. The van der Waals surface area contributed by atoms with Crippen LogP contribution in [0.25, 0.3) is 0 Å². The lowest BCUT2D eigenvalue weighted by Crippen LogP contribution is -2.20. The van der Waals surface area contributed by atoms with Gasteiger partial charge in [-0.2, -0.15) is 0 Å². The first-order valence-corrected chi connectivity index (χ1v) is 4.99. The molecule has 0 spiro atoms. The second kappa shape index (κ2) is 5.51. The fraction of sp³-hybridized carbons (Fsp3) is 0.417. The van der Waals surface area contributed by atoms with E-state index in [0.717, 1.165) is 5.75 Å². The van der Waals surface area contributed by atoms with Gasteiger partial charge in [-0.25, -0.2) is 0 Å². The molecule has 1 unspecified atom stereocenters. The van der Waals surface area contributed by atoms with E-state index in [2.05, 4.69) is 0 Å². The van der Waals surface area contributed by atoms with Crippen molar-refractivity contribution in [2.45, 2.75) is 20.0 Å². The van der Waals surface area contributed by atoms with Gasteiger partial charge in [0.25, 0.3) is 0 Å². The molecule has 1 aromatic carbocycles. The van der Waals surface area contributed by atoms with Crippen LogP contribution in [-0.4, -0.2) is 25.6 Å². The summed E-state index contributed by atoms with van der Waals surface area (Å²) in [5, 5.41) is 0. The highest BCUT2D eigenvalue weighted by molar-refractivity contribution is 5.99. The molecule has 0 saturated heterocycles. The first-order valence-electron chi connectivity index (χ1n) is 4.99. The predicted molar refractivity (Wildman–Crippen MR) is 58.4 cm³/mol. The number of ketones is 1. The maximum Gasteiger partial charge on any atom is 0.191 e. The van der Waals surface area contributed by atoms with Crippen LogP contribution in [0.15, 0.2) is 24.3 Å². The van der Waals surface area contributed by atoms with Crippen molar-refractivity contribution in [3.05, 3.63) is 29.8 Å². The van der Waals surface area contributed by atoms with E-state index in [-0.39, 0.29) is 11.9 Å². The first kappa shape index (κ1) is 11.7. The van der Waals surface area contributed by atoms with E-state index in [4.69, 9.17) is 9.47 Å². The Morgan fingerprint density at radius 1 is 1.33 bits per heavy atom. The van der Waals surface area contributed by atoms with Crippen LogP contribution in [0.3, 0.4) is 0 Å². The highest BCUT2D eigenvalue weighted by Gasteiger charge is 2.14. The van der Waals surface area contributed by atoms with Crippen LogP contribution in [-0.2, 0) is 4.74 Å². The number of ether oxygens (including phenoxy) is 2. The van der Waals surface area contributed by atoms with E-state index in [1.807, 2.05) is 6.92 Å². The second-order valence-corrected chi connectivity index (χ2v) is 3.19. The standard InChI is InChI=1S/C12H16O3/c1-4-15-9(2)12(13)10-5-7-11(14-3)8-6-10/h5-9H,4H2,1-3H3. The van der Waals surface area contributed by atoms with Crippen LogP contribution in [0.5, 0.6) is 5.75 Å². The molecule has 0 fully saturated rings. The van der Waals surface area contributed by atoms with Crippen molar-refractivity contribution in [2.75, 3.05) is 13.7 Å². The van der Waals surface area contributed by atoms with Gasteiger partial charge < -0.3 is 9.47 Å². The highest BCUT2D eigenvalue weighted by Crippen LogP contribution is 2.13. The van der Waals surface area contributed by atoms with Crippen molar-refractivity contribution in [1.82, 2.24) is 0 Å². The summed E-state index contributed by atoms with van der Waals surface area (Å²) in [6, 6.07) is 7.03. The van der Waals surface area contributed by atoms with Gasteiger partial charge >= 0.3 is 0 Å². The Bertz CT molecular complexity index is 316. The minimum atomic E-state index is -0.386. The molecule has 0 heterocycles. The number of rotatable bonds is 5. The molecule has 0 aromatic heterocycles. The number of carbonyl (C=O) groups excluding carboxylic acids is 1. The first-order chi connectivity index (χ1) is 7.19. The lowest BCUT2D eigenvalue weighted by atomic mass is 10.1. The molecule has 82 valence electrons. The van der Waals surface area contributed by atoms with Gasteiger partial charge in [0.2, 0.25) is 0 Å². The zero-order chi connectivity index (χ0) is 11.3. The van der Waals surface area contributed by atoms with Crippen LogP contribution in [0, 0.1) is 0 Å². The number of methoxy groups -OCH3 is 1. The maximum absolute atomic E-state index is 11.8. The summed E-state index contributed by atoms with van der Waals surface area (Å²) in [4.78, 5) is 11.8. The Morgan fingerprint density at radius 3 is 2.40 bits per heavy atom. The van der Waals surface area contributed by atoms with Crippen LogP contribution in [0.4, 0.5) is 0 Å².